The fourth-order valence-corrected chi connectivity index (χ4v) is 3.00. The Labute approximate surface area is 172 Å². The number of hydrogen-bond acceptors (Lipinski definition) is 7. The molecule has 152 valence electrons. The second-order valence-corrected chi connectivity index (χ2v) is 6.80. The van der Waals surface area contributed by atoms with Gasteiger partial charge < -0.3 is 15.8 Å². The third kappa shape index (κ3) is 4.52. The zero-order chi connectivity index (χ0) is 20.9. The van der Waals surface area contributed by atoms with E-state index in [4.69, 9.17) is 10.5 Å². The van der Waals surface area contributed by atoms with Crippen LogP contribution in [0.3, 0.4) is 0 Å². The minimum absolute atomic E-state index is 0.0649. The number of ether oxygens (including phenoxy) is 1. The van der Waals surface area contributed by atoms with E-state index in [0.717, 1.165) is 16.7 Å². The lowest BCUT2D eigenvalue weighted by molar-refractivity contribution is -0.119. The minimum atomic E-state index is -0.0649. The van der Waals surface area contributed by atoms with Gasteiger partial charge in [-0.1, -0.05) is 24.3 Å². The Morgan fingerprint density at radius 3 is 2.73 bits per heavy atom. The summed E-state index contributed by atoms with van der Waals surface area (Å²) >= 11 is 0. The van der Waals surface area contributed by atoms with Crippen LogP contribution in [0.15, 0.2) is 55.0 Å². The third-order valence-electron chi connectivity index (χ3n) is 4.49. The van der Waals surface area contributed by atoms with Crippen molar-refractivity contribution in [3.05, 3.63) is 71.7 Å². The number of fused-ring (bicyclic) bond motifs is 1. The van der Waals surface area contributed by atoms with Gasteiger partial charge in [0, 0.05) is 25.9 Å². The quantitative estimate of drug-likeness (QED) is 0.484. The van der Waals surface area contributed by atoms with Gasteiger partial charge in [0.1, 0.15) is 12.4 Å². The molecule has 30 heavy (non-hydrogen) atoms. The number of aromatic nitrogens is 5. The summed E-state index contributed by atoms with van der Waals surface area (Å²) in [5.74, 6) is 0.250. The summed E-state index contributed by atoms with van der Waals surface area (Å²) < 4.78 is 7.47. The van der Waals surface area contributed by atoms with Crippen molar-refractivity contribution < 1.29 is 9.53 Å². The van der Waals surface area contributed by atoms with E-state index < -0.39 is 0 Å². The van der Waals surface area contributed by atoms with Gasteiger partial charge >= 0.3 is 6.01 Å². The standard InChI is InChI=1S/C21H21N7O2/c1-14(29)24-10-16-3-2-4-17(9-16)12-28-20-18(11-25-28)19(22)26-21(27-20)30-13-15-5-7-23-8-6-15/h2-9,11H,10,12-13H2,1H3,(H,24,29)(H2,22,26,27). The fourth-order valence-electron chi connectivity index (χ4n) is 3.00. The lowest BCUT2D eigenvalue weighted by Gasteiger charge is -2.09. The molecule has 1 aromatic carbocycles. The highest BCUT2D eigenvalue weighted by Gasteiger charge is 2.13. The third-order valence-corrected chi connectivity index (χ3v) is 4.49. The van der Waals surface area contributed by atoms with Gasteiger partial charge in [0.05, 0.1) is 18.1 Å². The molecule has 0 saturated heterocycles. The van der Waals surface area contributed by atoms with Crippen molar-refractivity contribution >= 4 is 22.8 Å². The first kappa shape index (κ1) is 19.3. The van der Waals surface area contributed by atoms with E-state index >= 15 is 0 Å². The van der Waals surface area contributed by atoms with E-state index in [1.54, 1.807) is 23.3 Å². The number of nitrogens with zero attached hydrogens (tertiary/aromatic N) is 5. The average Bonchev–Trinajstić information content (AvgIpc) is 3.15. The van der Waals surface area contributed by atoms with Crippen LogP contribution in [0.2, 0.25) is 0 Å². The van der Waals surface area contributed by atoms with E-state index in [1.165, 1.54) is 6.92 Å². The first-order chi connectivity index (χ1) is 14.6. The Morgan fingerprint density at radius 1 is 1.13 bits per heavy atom. The van der Waals surface area contributed by atoms with Gasteiger partial charge in [-0.3, -0.25) is 9.78 Å². The van der Waals surface area contributed by atoms with Gasteiger partial charge in [0.25, 0.3) is 0 Å². The molecular weight excluding hydrogens is 382 g/mol. The smallest absolute Gasteiger partial charge is 0.320 e. The molecule has 0 atom stereocenters. The van der Waals surface area contributed by atoms with Crippen molar-refractivity contribution in [3.63, 3.8) is 0 Å². The van der Waals surface area contributed by atoms with Crippen LogP contribution in [-0.4, -0.2) is 30.6 Å². The first-order valence-corrected chi connectivity index (χ1v) is 9.41. The summed E-state index contributed by atoms with van der Waals surface area (Å²) in [5, 5.41) is 7.88. The summed E-state index contributed by atoms with van der Waals surface area (Å²) in [4.78, 5) is 23.9. The number of carbonyl (C=O) groups excluding carboxylic acids is 1. The van der Waals surface area contributed by atoms with Crippen LogP contribution >= 0.6 is 0 Å². The molecule has 9 heteroatoms. The number of nitrogens with two attached hydrogens (primary N) is 1. The largest absolute Gasteiger partial charge is 0.458 e. The summed E-state index contributed by atoms with van der Waals surface area (Å²) in [6.07, 6.45) is 5.05. The summed E-state index contributed by atoms with van der Waals surface area (Å²) in [5.41, 5.74) is 9.68. The Morgan fingerprint density at radius 2 is 1.93 bits per heavy atom. The van der Waals surface area contributed by atoms with Crippen molar-refractivity contribution in [3.8, 4) is 6.01 Å². The van der Waals surface area contributed by atoms with Gasteiger partial charge in [0.15, 0.2) is 5.65 Å². The predicted molar refractivity (Wildman–Crippen MR) is 111 cm³/mol. The van der Waals surface area contributed by atoms with Crippen molar-refractivity contribution in [2.24, 2.45) is 0 Å². The molecule has 0 spiro atoms. The highest BCUT2D eigenvalue weighted by Crippen LogP contribution is 2.21. The van der Waals surface area contributed by atoms with Crippen LogP contribution in [0.4, 0.5) is 5.82 Å². The lowest BCUT2D eigenvalue weighted by Crippen LogP contribution is -2.19. The number of carbonyl (C=O) groups is 1. The molecule has 0 aliphatic heterocycles. The molecule has 0 aliphatic carbocycles. The van der Waals surface area contributed by atoms with Gasteiger partial charge in [-0.15, -0.1) is 0 Å². The average molecular weight is 403 g/mol. The van der Waals surface area contributed by atoms with Gasteiger partial charge in [-0.25, -0.2) is 4.68 Å². The number of amides is 1. The molecular formula is C21H21N7O2. The molecule has 3 heterocycles. The minimum Gasteiger partial charge on any atom is -0.458 e. The molecule has 4 aromatic rings. The maximum absolute atomic E-state index is 11.1. The number of rotatable bonds is 7. The molecule has 1 amide bonds. The van der Waals surface area contributed by atoms with E-state index in [2.05, 4.69) is 25.4 Å². The number of pyridine rings is 1. The Kier molecular flexibility index (Phi) is 5.51. The number of hydrogen-bond donors (Lipinski definition) is 2. The number of benzene rings is 1. The van der Waals surface area contributed by atoms with Crippen LogP contribution in [0.25, 0.3) is 11.0 Å². The van der Waals surface area contributed by atoms with Crippen LogP contribution in [0, 0.1) is 0 Å². The van der Waals surface area contributed by atoms with E-state index in [0.29, 0.717) is 36.5 Å². The summed E-state index contributed by atoms with van der Waals surface area (Å²) in [6, 6.07) is 11.8. The Bertz CT molecular complexity index is 1170. The number of anilines is 1. The first-order valence-electron chi connectivity index (χ1n) is 9.41. The second-order valence-electron chi connectivity index (χ2n) is 6.80. The molecule has 0 radical (unpaired) electrons. The zero-order valence-electron chi connectivity index (χ0n) is 16.4. The molecule has 0 fully saturated rings. The summed E-state index contributed by atoms with van der Waals surface area (Å²) in [6.45, 7) is 2.79. The second kappa shape index (κ2) is 8.56. The van der Waals surface area contributed by atoms with Crippen LogP contribution in [-0.2, 0) is 24.5 Å². The Hall–Kier alpha value is -4.01. The molecule has 3 N–H and O–H groups in total. The monoisotopic (exact) mass is 403 g/mol. The van der Waals surface area contributed by atoms with E-state index in [9.17, 15) is 4.79 Å². The molecule has 4 rings (SSSR count). The maximum Gasteiger partial charge on any atom is 0.320 e. The van der Waals surface area contributed by atoms with Crippen molar-refractivity contribution in [2.45, 2.75) is 26.6 Å². The van der Waals surface area contributed by atoms with E-state index in [-0.39, 0.29) is 11.9 Å². The van der Waals surface area contributed by atoms with Crippen LogP contribution < -0.4 is 15.8 Å². The normalized spacial score (nSPS) is 10.8. The highest BCUT2D eigenvalue weighted by atomic mass is 16.5. The summed E-state index contributed by atoms with van der Waals surface area (Å²) in [7, 11) is 0. The van der Waals surface area contributed by atoms with Crippen molar-refractivity contribution in [2.75, 3.05) is 5.73 Å². The molecule has 0 aliphatic rings. The topological polar surface area (TPSA) is 121 Å². The van der Waals surface area contributed by atoms with Gasteiger partial charge in [-0.2, -0.15) is 15.1 Å². The lowest BCUT2D eigenvalue weighted by atomic mass is 10.1. The molecule has 3 aromatic heterocycles. The molecule has 0 saturated carbocycles. The van der Waals surface area contributed by atoms with Gasteiger partial charge in [0.2, 0.25) is 5.91 Å². The molecule has 0 unspecified atom stereocenters. The predicted octanol–water partition coefficient (Wildman–Crippen LogP) is 2.07. The van der Waals surface area contributed by atoms with E-state index in [1.807, 2.05) is 36.4 Å². The van der Waals surface area contributed by atoms with Gasteiger partial charge in [-0.05, 0) is 28.8 Å². The maximum atomic E-state index is 11.1. The molecule has 9 nitrogen and oxygen atoms in total. The zero-order valence-corrected chi connectivity index (χ0v) is 16.4. The Balaban J connectivity index is 1.55. The van der Waals surface area contributed by atoms with Crippen molar-refractivity contribution in [1.29, 1.82) is 0 Å². The SMILES string of the molecule is CC(=O)NCc1cccc(Cn2ncc3c(N)nc(OCc4ccncc4)nc32)c1. The number of nitrogens with one attached hydrogen (secondary N) is 1. The van der Waals surface area contributed by atoms with Crippen LogP contribution in [0.5, 0.6) is 6.01 Å². The number of nitrogen functional groups attached to an aromatic ring is 1. The van der Waals surface area contributed by atoms with Crippen LogP contribution in [0.1, 0.15) is 23.6 Å². The fraction of sp³-hybridized carbons (Fsp3) is 0.190. The molecule has 0 bridgehead atoms. The van der Waals surface area contributed by atoms with Crippen molar-refractivity contribution in [1.82, 2.24) is 30.0 Å². The highest BCUT2D eigenvalue weighted by molar-refractivity contribution is 5.85.